The lowest BCUT2D eigenvalue weighted by atomic mass is 10.2. The summed E-state index contributed by atoms with van der Waals surface area (Å²) in [5, 5.41) is 3.31. The summed E-state index contributed by atoms with van der Waals surface area (Å²) in [5.74, 6) is 0. The van der Waals surface area contributed by atoms with Gasteiger partial charge in [0.15, 0.2) is 0 Å². The van der Waals surface area contributed by atoms with E-state index in [0.717, 1.165) is 27.3 Å². The molecule has 1 N–H and O–H groups in total. The van der Waals surface area contributed by atoms with Crippen LogP contribution in [0.3, 0.4) is 0 Å². The van der Waals surface area contributed by atoms with Crippen molar-refractivity contribution in [3.8, 4) is 0 Å². The Bertz CT molecular complexity index is 1000. The molecule has 0 fully saturated rings. The molecule has 3 heteroatoms. The number of hydrogen-bond donors (Lipinski definition) is 1. The molecule has 0 aliphatic carbocycles. The second-order valence-corrected chi connectivity index (χ2v) is 4.91. The first-order valence-electron chi connectivity index (χ1n) is 6.85. The number of rotatable bonds is 0. The predicted octanol–water partition coefficient (Wildman–Crippen LogP) is 4.39. The molecule has 4 rings (SSSR count). The Morgan fingerprint density at radius 2 is 1.52 bits per heavy atom. The van der Waals surface area contributed by atoms with Crippen LogP contribution in [0.5, 0.6) is 0 Å². The maximum absolute atomic E-state index is 4.60. The van der Waals surface area contributed by atoms with E-state index in [1.807, 2.05) is 61.1 Å². The number of H-pyrrole nitrogens is 1. The third-order valence-electron chi connectivity index (χ3n) is 3.59. The van der Waals surface area contributed by atoms with Gasteiger partial charge in [-0.25, -0.2) is 0 Å². The summed E-state index contributed by atoms with van der Waals surface area (Å²) in [5.41, 5.74) is 3.02. The lowest BCUT2D eigenvalue weighted by Gasteiger charge is -1.90. The molecule has 2 aromatic heterocycles. The van der Waals surface area contributed by atoms with Crippen molar-refractivity contribution < 1.29 is 0 Å². The van der Waals surface area contributed by atoms with Gasteiger partial charge in [0.25, 0.3) is 0 Å². The van der Waals surface area contributed by atoms with E-state index < -0.39 is 0 Å². The minimum absolute atomic E-state index is 0.918. The molecule has 0 bridgehead atoms. The molecule has 21 heavy (non-hydrogen) atoms. The zero-order valence-corrected chi connectivity index (χ0v) is 11.3. The molecule has 0 spiro atoms. The SMILES string of the molecule is c1ccc2ncc3[nH]c4ccccc4c3ccncc2c1. The highest BCUT2D eigenvalue weighted by molar-refractivity contribution is 6.06. The van der Waals surface area contributed by atoms with Gasteiger partial charge in [0.1, 0.15) is 0 Å². The van der Waals surface area contributed by atoms with Crippen LogP contribution in [-0.4, -0.2) is 15.0 Å². The highest BCUT2D eigenvalue weighted by Crippen LogP contribution is 2.23. The first-order chi connectivity index (χ1) is 10.4. The monoisotopic (exact) mass is 271 g/mol. The summed E-state index contributed by atoms with van der Waals surface area (Å²) in [6, 6.07) is 18.2. The summed E-state index contributed by atoms with van der Waals surface area (Å²) < 4.78 is 0. The zero-order chi connectivity index (χ0) is 14.1. The predicted molar refractivity (Wildman–Crippen MR) is 86.5 cm³/mol. The largest absolute Gasteiger partial charge is 0.353 e. The maximum atomic E-state index is 4.60. The van der Waals surface area contributed by atoms with E-state index in [9.17, 15) is 0 Å². The normalized spacial score (nSPS) is 10.9. The average molecular weight is 271 g/mol. The number of hydrogen-bond acceptors (Lipinski definition) is 2. The molecule has 0 radical (unpaired) electrons. The van der Waals surface area contributed by atoms with E-state index in [4.69, 9.17) is 0 Å². The number of fused-ring (bicyclic) bond motifs is 4. The molecule has 0 unspecified atom stereocenters. The molecule has 4 aromatic rings. The van der Waals surface area contributed by atoms with Gasteiger partial charge in [-0.05, 0) is 18.2 Å². The van der Waals surface area contributed by atoms with E-state index in [0.29, 0.717) is 0 Å². The van der Waals surface area contributed by atoms with Crippen molar-refractivity contribution in [3.05, 3.63) is 73.2 Å². The van der Waals surface area contributed by atoms with Crippen LogP contribution in [0.2, 0.25) is 0 Å². The van der Waals surface area contributed by atoms with Crippen molar-refractivity contribution in [1.29, 1.82) is 0 Å². The van der Waals surface area contributed by atoms with Gasteiger partial charge in [-0.1, -0.05) is 36.4 Å². The number of aromatic nitrogens is 3. The number of nitrogens with zero attached hydrogens (tertiary/aromatic N) is 2. The number of nitrogens with one attached hydrogen (secondary N) is 1. The molecule has 0 aliphatic heterocycles. The van der Waals surface area contributed by atoms with E-state index in [-0.39, 0.29) is 0 Å². The molecular formula is C18H13N3. The average Bonchev–Trinajstić information content (AvgIpc) is 2.89. The van der Waals surface area contributed by atoms with Crippen molar-refractivity contribution in [2.24, 2.45) is 0 Å². The maximum Gasteiger partial charge on any atom is 0.0718 e. The third-order valence-corrected chi connectivity index (χ3v) is 3.59. The fourth-order valence-corrected chi connectivity index (χ4v) is 2.56. The van der Waals surface area contributed by atoms with Crippen LogP contribution < -0.4 is 0 Å². The fourth-order valence-electron chi connectivity index (χ4n) is 2.56. The van der Waals surface area contributed by atoms with E-state index >= 15 is 0 Å². The van der Waals surface area contributed by atoms with Crippen LogP contribution in [0, 0.1) is 0 Å². The van der Waals surface area contributed by atoms with Gasteiger partial charge in [-0.15, -0.1) is 0 Å². The first kappa shape index (κ1) is 11.9. The Hall–Kier alpha value is -2.94. The standard InChI is InChI=1S/C18H13N3/c1-3-7-16-13(5-1)11-19-10-9-15-14-6-2-4-8-17(14)21-18(15)12-20-16/h1-12,21H. The number of aromatic amines is 1. The van der Waals surface area contributed by atoms with Crippen molar-refractivity contribution >= 4 is 32.7 Å². The molecule has 100 valence electrons. The first-order valence-corrected chi connectivity index (χ1v) is 6.85. The summed E-state index contributed by atoms with van der Waals surface area (Å²) >= 11 is 0. The van der Waals surface area contributed by atoms with Gasteiger partial charge in [0.2, 0.25) is 0 Å². The van der Waals surface area contributed by atoms with Gasteiger partial charge < -0.3 is 4.98 Å². The topological polar surface area (TPSA) is 41.6 Å². The Morgan fingerprint density at radius 3 is 2.52 bits per heavy atom. The smallest absolute Gasteiger partial charge is 0.0718 e. The molecule has 0 atom stereocenters. The van der Waals surface area contributed by atoms with E-state index in [1.165, 1.54) is 5.39 Å². The van der Waals surface area contributed by atoms with Crippen LogP contribution in [0.15, 0.2) is 73.2 Å². The molecule has 0 saturated heterocycles. The summed E-state index contributed by atoms with van der Waals surface area (Å²) in [7, 11) is 0. The molecule has 3 nitrogen and oxygen atoms in total. The van der Waals surface area contributed by atoms with E-state index in [2.05, 4.69) is 27.1 Å². The minimum atomic E-state index is 0.918. The molecule has 0 aliphatic rings. The van der Waals surface area contributed by atoms with Crippen LogP contribution in [0.4, 0.5) is 0 Å². The van der Waals surface area contributed by atoms with Crippen molar-refractivity contribution in [3.63, 3.8) is 0 Å². The van der Waals surface area contributed by atoms with Gasteiger partial charge in [-0.2, -0.15) is 0 Å². The Morgan fingerprint density at radius 1 is 0.714 bits per heavy atom. The van der Waals surface area contributed by atoms with E-state index in [1.54, 1.807) is 0 Å². The number of para-hydroxylation sites is 2. The second kappa shape index (κ2) is 4.87. The fraction of sp³-hybridized carbons (Fsp3) is 0. The summed E-state index contributed by atoms with van der Waals surface area (Å²) in [4.78, 5) is 12.4. The molecule has 2 aromatic carbocycles. The minimum Gasteiger partial charge on any atom is -0.353 e. The Balaban J connectivity index is 2.16. The van der Waals surface area contributed by atoms with Crippen LogP contribution in [0.25, 0.3) is 32.7 Å². The Labute approximate surface area is 121 Å². The molecular weight excluding hydrogens is 258 g/mol. The van der Waals surface area contributed by atoms with Crippen molar-refractivity contribution in [2.45, 2.75) is 0 Å². The van der Waals surface area contributed by atoms with Crippen LogP contribution >= 0.6 is 0 Å². The van der Waals surface area contributed by atoms with Crippen molar-refractivity contribution in [1.82, 2.24) is 15.0 Å². The Kier molecular flexibility index (Phi) is 2.75. The summed E-state index contributed by atoms with van der Waals surface area (Å²) in [6.07, 6.45) is 5.55. The van der Waals surface area contributed by atoms with Gasteiger partial charge in [-0.3, -0.25) is 9.97 Å². The lowest BCUT2D eigenvalue weighted by Crippen LogP contribution is -1.74. The number of benzene rings is 2. The van der Waals surface area contributed by atoms with Crippen LogP contribution in [-0.2, 0) is 0 Å². The lowest BCUT2D eigenvalue weighted by molar-refractivity contribution is 1.36. The van der Waals surface area contributed by atoms with Gasteiger partial charge in [0.05, 0.1) is 17.2 Å². The summed E-state index contributed by atoms with van der Waals surface area (Å²) in [6.45, 7) is 0. The second-order valence-electron chi connectivity index (χ2n) is 4.91. The highest BCUT2D eigenvalue weighted by Gasteiger charge is 2.00. The molecule has 2 heterocycles. The highest BCUT2D eigenvalue weighted by atomic mass is 14.7. The van der Waals surface area contributed by atoms with Gasteiger partial charge >= 0.3 is 0 Å². The van der Waals surface area contributed by atoms with Crippen molar-refractivity contribution in [2.75, 3.05) is 0 Å². The molecule has 0 saturated carbocycles. The molecule has 0 amide bonds. The van der Waals surface area contributed by atoms with Crippen LogP contribution in [0.1, 0.15) is 0 Å². The third kappa shape index (κ3) is 2.09. The zero-order valence-electron chi connectivity index (χ0n) is 11.3. The van der Waals surface area contributed by atoms with Gasteiger partial charge in [0, 0.05) is 34.1 Å². The quantitative estimate of drug-likeness (QED) is 0.515.